The Hall–Kier alpha value is -2.89. The fraction of sp³-hybridized carbons (Fsp3) is 0.667. The number of aliphatic carboxylic acids is 4. The molecule has 0 saturated heterocycles. The van der Waals surface area contributed by atoms with Crippen LogP contribution in [0.1, 0.15) is 46.5 Å². The summed E-state index contributed by atoms with van der Waals surface area (Å²) in [5.74, 6) is -4.61. The molecule has 0 unspecified atom stereocenters. The predicted octanol–water partition coefficient (Wildman–Crippen LogP) is 0.0922. The molecule has 0 fully saturated rings. The molecule has 12 nitrogen and oxygen atoms in total. The van der Waals surface area contributed by atoms with Crippen LogP contribution in [0.5, 0.6) is 0 Å². The van der Waals surface area contributed by atoms with Gasteiger partial charge in [-0.1, -0.05) is 0 Å². The van der Waals surface area contributed by atoms with E-state index in [1.807, 2.05) is 0 Å². The molecule has 0 aromatic heterocycles. The van der Waals surface area contributed by atoms with Crippen LogP contribution < -0.4 is 11.1 Å². The van der Waals surface area contributed by atoms with E-state index in [0.29, 0.717) is 0 Å². The Balaban J connectivity index is 0. The Bertz CT molecular complexity index is 541. The number of hydrogen-bond acceptors (Lipinski definition) is 7. The summed E-state index contributed by atoms with van der Waals surface area (Å²) in [6.07, 6.45) is -1.63. The Morgan fingerprint density at radius 2 is 1.33 bits per heavy atom. The first-order valence-electron chi connectivity index (χ1n) is 7.80. The smallest absolute Gasteiger partial charge is 0.408 e. The fourth-order valence-electron chi connectivity index (χ4n) is 1.38. The van der Waals surface area contributed by atoms with E-state index < -0.39 is 47.7 Å². The van der Waals surface area contributed by atoms with Gasteiger partial charge in [-0.25, -0.2) is 9.59 Å². The van der Waals surface area contributed by atoms with Gasteiger partial charge in [-0.05, 0) is 33.6 Å². The minimum absolute atomic E-state index is 0.0231. The number of alkyl carbamates (subject to hydrolysis) is 1. The van der Waals surface area contributed by atoms with Gasteiger partial charge in [0, 0.05) is 12.8 Å². The highest BCUT2D eigenvalue weighted by molar-refractivity contribution is 5.80. The summed E-state index contributed by atoms with van der Waals surface area (Å²) in [6, 6.07) is -2.32. The number of nitrogens with one attached hydrogen (secondary N) is 1. The zero-order valence-corrected chi connectivity index (χ0v) is 15.3. The monoisotopic (exact) mass is 394 g/mol. The topological polar surface area (TPSA) is 214 Å². The van der Waals surface area contributed by atoms with Crippen LogP contribution in [-0.2, 0) is 23.9 Å². The summed E-state index contributed by atoms with van der Waals surface area (Å²) < 4.78 is 4.86. The van der Waals surface area contributed by atoms with E-state index in [4.69, 9.17) is 30.9 Å². The number of carbonyl (C=O) groups excluding carboxylic acids is 1. The first-order valence-corrected chi connectivity index (χ1v) is 7.80. The minimum atomic E-state index is -1.29. The van der Waals surface area contributed by atoms with E-state index >= 15 is 0 Å². The molecule has 0 aromatic rings. The van der Waals surface area contributed by atoms with Crippen molar-refractivity contribution < 1.29 is 49.1 Å². The van der Waals surface area contributed by atoms with Crippen LogP contribution in [0.15, 0.2) is 0 Å². The second kappa shape index (κ2) is 12.5. The molecule has 0 rings (SSSR count). The molecule has 0 heterocycles. The quantitative estimate of drug-likeness (QED) is 0.308. The molecule has 0 radical (unpaired) electrons. The highest BCUT2D eigenvalue weighted by Crippen LogP contribution is 2.07. The SMILES string of the molecule is CC(C)(C)OC(=O)N[C@@H](CCC(=O)O)C(=O)O.N[C@@H](CCC(=O)O)C(=O)O. The number of carboxylic acid groups (broad SMARTS) is 4. The predicted molar refractivity (Wildman–Crippen MR) is 90.1 cm³/mol. The lowest BCUT2D eigenvalue weighted by Crippen LogP contribution is -2.43. The van der Waals surface area contributed by atoms with E-state index in [1.165, 1.54) is 0 Å². The summed E-state index contributed by atoms with van der Waals surface area (Å²) in [5.41, 5.74) is 4.27. The van der Waals surface area contributed by atoms with Gasteiger partial charge in [-0.2, -0.15) is 0 Å². The molecule has 12 heteroatoms. The molecule has 0 aliphatic heterocycles. The molecule has 0 aliphatic rings. The highest BCUT2D eigenvalue weighted by atomic mass is 16.6. The zero-order valence-electron chi connectivity index (χ0n) is 15.3. The van der Waals surface area contributed by atoms with Crippen molar-refractivity contribution in [3.63, 3.8) is 0 Å². The molecule has 0 aliphatic carbocycles. The maximum absolute atomic E-state index is 11.3. The van der Waals surface area contributed by atoms with Gasteiger partial charge in [-0.15, -0.1) is 0 Å². The molecule has 2 atom stereocenters. The molecule has 156 valence electrons. The van der Waals surface area contributed by atoms with Gasteiger partial charge in [0.2, 0.25) is 0 Å². The molecule has 0 saturated carbocycles. The van der Waals surface area contributed by atoms with Crippen LogP contribution in [0, 0.1) is 0 Å². The average Bonchev–Trinajstić information content (AvgIpc) is 2.47. The zero-order chi connectivity index (χ0) is 21.8. The lowest BCUT2D eigenvalue weighted by Gasteiger charge is -2.21. The third kappa shape index (κ3) is 17.7. The van der Waals surface area contributed by atoms with Gasteiger partial charge < -0.3 is 36.2 Å². The van der Waals surface area contributed by atoms with Gasteiger partial charge in [0.1, 0.15) is 17.7 Å². The van der Waals surface area contributed by atoms with Crippen LogP contribution in [0.4, 0.5) is 4.79 Å². The Kier molecular flexibility index (Phi) is 12.2. The second-order valence-electron chi connectivity index (χ2n) is 6.35. The number of amides is 1. The van der Waals surface area contributed by atoms with Gasteiger partial charge >= 0.3 is 30.0 Å². The summed E-state index contributed by atoms with van der Waals surface area (Å²) in [7, 11) is 0. The average molecular weight is 394 g/mol. The Morgan fingerprint density at radius 3 is 1.67 bits per heavy atom. The van der Waals surface area contributed by atoms with E-state index in [1.54, 1.807) is 20.8 Å². The van der Waals surface area contributed by atoms with Crippen molar-refractivity contribution in [2.75, 3.05) is 0 Å². The third-order valence-corrected chi connectivity index (χ3v) is 2.62. The van der Waals surface area contributed by atoms with Gasteiger partial charge in [0.25, 0.3) is 0 Å². The number of nitrogens with two attached hydrogens (primary N) is 1. The van der Waals surface area contributed by atoms with Gasteiger partial charge in [-0.3, -0.25) is 14.4 Å². The Morgan fingerprint density at radius 1 is 0.889 bits per heavy atom. The summed E-state index contributed by atoms with van der Waals surface area (Å²) >= 11 is 0. The van der Waals surface area contributed by atoms with E-state index in [9.17, 15) is 24.0 Å². The van der Waals surface area contributed by atoms with Crippen LogP contribution in [0.3, 0.4) is 0 Å². The third-order valence-electron chi connectivity index (χ3n) is 2.62. The van der Waals surface area contributed by atoms with E-state index in [0.717, 1.165) is 0 Å². The van der Waals surface area contributed by atoms with Crippen LogP contribution >= 0.6 is 0 Å². The van der Waals surface area contributed by atoms with Crippen LogP contribution in [0.2, 0.25) is 0 Å². The molecule has 27 heavy (non-hydrogen) atoms. The maximum Gasteiger partial charge on any atom is 0.408 e. The summed E-state index contributed by atoms with van der Waals surface area (Å²) in [5, 5.41) is 35.6. The highest BCUT2D eigenvalue weighted by Gasteiger charge is 2.24. The standard InChI is InChI=1S/C10H17NO6.C5H9NO4/c1-10(2,3)17-9(16)11-6(8(14)15)4-5-7(12)13;6-3(5(9)10)1-2-4(7)8/h6H,4-5H2,1-3H3,(H,11,16)(H,12,13)(H,14,15);3H,1-2,6H2,(H,7,8)(H,9,10)/t6-;3-/m00/s1. The lowest BCUT2D eigenvalue weighted by molar-refractivity contribution is -0.142. The van der Waals surface area contributed by atoms with Crippen molar-refractivity contribution in [2.45, 2.75) is 64.1 Å². The number of rotatable bonds is 9. The lowest BCUT2D eigenvalue weighted by atomic mass is 10.1. The van der Waals surface area contributed by atoms with Crippen molar-refractivity contribution in [3.8, 4) is 0 Å². The fourth-order valence-corrected chi connectivity index (χ4v) is 1.38. The van der Waals surface area contributed by atoms with E-state index in [-0.39, 0.29) is 25.7 Å². The minimum Gasteiger partial charge on any atom is -0.481 e. The summed E-state index contributed by atoms with van der Waals surface area (Å²) in [4.78, 5) is 52.2. The van der Waals surface area contributed by atoms with Crippen molar-refractivity contribution in [2.24, 2.45) is 5.73 Å². The normalized spacial score (nSPS) is 12.6. The molecule has 7 N–H and O–H groups in total. The first-order chi connectivity index (χ1) is 12.2. The van der Waals surface area contributed by atoms with Gasteiger partial charge in [0.15, 0.2) is 0 Å². The number of carbonyl (C=O) groups is 5. The molecule has 0 spiro atoms. The molecular formula is C15H26N2O10. The summed E-state index contributed by atoms with van der Waals surface area (Å²) in [6.45, 7) is 4.92. The first kappa shape index (κ1) is 26.3. The van der Waals surface area contributed by atoms with Crippen molar-refractivity contribution in [1.82, 2.24) is 5.32 Å². The molecule has 1 amide bonds. The van der Waals surface area contributed by atoms with E-state index in [2.05, 4.69) is 5.32 Å². The second-order valence-corrected chi connectivity index (χ2v) is 6.35. The number of ether oxygens (including phenoxy) is 1. The van der Waals surface area contributed by atoms with Crippen molar-refractivity contribution in [1.29, 1.82) is 0 Å². The maximum atomic E-state index is 11.3. The molecule has 0 bridgehead atoms. The number of hydrogen-bond donors (Lipinski definition) is 6. The van der Waals surface area contributed by atoms with Gasteiger partial charge in [0.05, 0.1) is 0 Å². The van der Waals surface area contributed by atoms with Crippen molar-refractivity contribution in [3.05, 3.63) is 0 Å². The Labute approximate surface area is 155 Å². The molecular weight excluding hydrogens is 368 g/mol. The number of carboxylic acids is 4. The van der Waals surface area contributed by atoms with Crippen LogP contribution in [0.25, 0.3) is 0 Å². The van der Waals surface area contributed by atoms with Crippen molar-refractivity contribution >= 4 is 30.0 Å². The largest absolute Gasteiger partial charge is 0.481 e. The van der Waals surface area contributed by atoms with Crippen LogP contribution in [-0.4, -0.2) is 68.1 Å². The molecule has 0 aromatic carbocycles.